The molecule has 0 saturated carbocycles. The standard InChI is InChI=1S/C21H23N3O2.ClH/c1-2-26-21(25)23-13-7-11-20-18(15-23)17-9-3-4-10-19(17)24(20)14-16-8-5-6-12-22-16;/h3-6,8-10,12H,2,7,11,13-15H2,1H3;1H. The number of halogens is 1. The molecule has 0 saturated heterocycles. The molecular weight excluding hydrogens is 362 g/mol. The van der Waals surface area contributed by atoms with Crippen LogP contribution in [-0.2, 0) is 24.2 Å². The van der Waals surface area contributed by atoms with Gasteiger partial charge in [0.1, 0.15) is 0 Å². The van der Waals surface area contributed by atoms with Crippen molar-refractivity contribution < 1.29 is 9.53 Å². The van der Waals surface area contributed by atoms with Crippen LogP contribution in [0.5, 0.6) is 0 Å². The van der Waals surface area contributed by atoms with E-state index in [1.54, 1.807) is 0 Å². The Hall–Kier alpha value is -2.53. The maximum Gasteiger partial charge on any atom is 0.410 e. The Labute approximate surface area is 165 Å². The van der Waals surface area contributed by atoms with Crippen molar-refractivity contribution >= 4 is 29.4 Å². The number of amides is 1. The van der Waals surface area contributed by atoms with Gasteiger partial charge in [-0.25, -0.2) is 4.79 Å². The van der Waals surface area contributed by atoms with E-state index in [9.17, 15) is 4.79 Å². The van der Waals surface area contributed by atoms with Crippen LogP contribution in [0.4, 0.5) is 4.79 Å². The zero-order chi connectivity index (χ0) is 17.9. The lowest BCUT2D eigenvalue weighted by Crippen LogP contribution is -2.31. The van der Waals surface area contributed by atoms with Crippen molar-refractivity contribution in [1.29, 1.82) is 0 Å². The molecule has 3 heterocycles. The molecule has 3 aromatic rings. The number of hydrogen-bond acceptors (Lipinski definition) is 3. The molecule has 2 aromatic heterocycles. The number of para-hydroxylation sites is 1. The Bertz CT molecular complexity index is 924. The molecule has 0 fully saturated rings. The number of fused-ring (bicyclic) bond motifs is 3. The van der Waals surface area contributed by atoms with Crippen molar-refractivity contribution in [3.05, 3.63) is 65.6 Å². The zero-order valence-electron chi connectivity index (χ0n) is 15.4. The van der Waals surface area contributed by atoms with E-state index in [2.05, 4.69) is 39.9 Å². The molecule has 6 heteroatoms. The Morgan fingerprint density at radius 1 is 1.19 bits per heavy atom. The van der Waals surface area contributed by atoms with Crippen molar-refractivity contribution in [2.75, 3.05) is 13.2 Å². The van der Waals surface area contributed by atoms with Crippen LogP contribution >= 0.6 is 12.4 Å². The normalized spacial score (nSPS) is 13.6. The van der Waals surface area contributed by atoms with E-state index in [-0.39, 0.29) is 18.5 Å². The van der Waals surface area contributed by atoms with Crippen molar-refractivity contribution in [2.24, 2.45) is 0 Å². The van der Waals surface area contributed by atoms with Crippen LogP contribution in [0.25, 0.3) is 10.9 Å². The number of pyridine rings is 1. The van der Waals surface area contributed by atoms with Gasteiger partial charge in [-0.2, -0.15) is 0 Å². The molecule has 0 atom stereocenters. The number of nitrogens with zero attached hydrogens (tertiary/aromatic N) is 3. The van der Waals surface area contributed by atoms with Crippen LogP contribution in [0.15, 0.2) is 48.7 Å². The van der Waals surface area contributed by atoms with Crippen LogP contribution < -0.4 is 0 Å². The van der Waals surface area contributed by atoms with E-state index in [0.717, 1.165) is 31.6 Å². The third-order valence-corrected chi connectivity index (χ3v) is 4.96. The highest BCUT2D eigenvalue weighted by molar-refractivity contribution is 5.86. The Balaban J connectivity index is 0.00000210. The monoisotopic (exact) mass is 385 g/mol. The molecule has 0 bridgehead atoms. The Kier molecular flexibility index (Phi) is 6.01. The van der Waals surface area contributed by atoms with Gasteiger partial charge >= 0.3 is 6.09 Å². The van der Waals surface area contributed by atoms with Crippen LogP contribution in [0.1, 0.15) is 30.3 Å². The van der Waals surface area contributed by atoms with Crippen molar-refractivity contribution in [2.45, 2.75) is 32.9 Å². The fraction of sp³-hybridized carbons (Fsp3) is 0.333. The van der Waals surface area contributed by atoms with Crippen LogP contribution in [0, 0.1) is 0 Å². The summed E-state index contributed by atoms with van der Waals surface area (Å²) in [4.78, 5) is 18.6. The lowest BCUT2D eigenvalue weighted by molar-refractivity contribution is 0.105. The number of carbonyl (C=O) groups is 1. The second kappa shape index (κ2) is 8.44. The molecule has 0 N–H and O–H groups in total. The highest BCUT2D eigenvalue weighted by Gasteiger charge is 2.25. The maximum atomic E-state index is 12.3. The Morgan fingerprint density at radius 2 is 2.00 bits per heavy atom. The average Bonchev–Trinajstić information content (AvgIpc) is 2.83. The first-order chi connectivity index (χ1) is 12.8. The number of ether oxygens (including phenoxy) is 1. The van der Waals surface area contributed by atoms with Gasteiger partial charge in [-0.3, -0.25) is 4.98 Å². The van der Waals surface area contributed by atoms with Gasteiger partial charge in [-0.05, 0) is 38.0 Å². The molecule has 0 aliphatic carbocycles. The first-order valence-electron chi connectivity index (χ1n) is 9.18. The number of carbonyl (C=O) groups excluding carboxylic acids is 1. The fourth-order valence-electron chi connectivity index (χ4n) is 3.80. The molecule has 1 aliphatic heterocycles. The van der Waals surface area contributed by atoms with Crippen molar-refractivity contribution in [3.63, 3.8) is 0 Å². The zero-order valence-corrected chi connectivity index (χ0v) is 16.2. The summed E-state index contributed by atoms with van der Waals surface area (Å²) in [6, 6.07) is 14.5. The van der Waals surface area contributed by atoms with E-state index in [0.29, 0.717) is 13.2 Å². The van der Waals surface area contributed by atoms with Gasteiger partial charge in [0, 0.05) is 34.9 Å². The minimum Gasteiger partial charge on any atom is -0.450 e. The largest absolute Gasteiger partial charge is 0.450 e. The van der Waals surface area contributed by atoms with Gasteiger partial charge in [0.2, 0.25) is 0 Å². The van der Waals surface area contributed by atoms with E-state index in [1.165, 1.54) is 22.2 Å². The van der Waals surface area contributed by atoms with Crippen molar-refractivity contribution in [3.8, 4) is 0 Å². The highest BCUT2D eigenvalue weighted by atomic mass is 35.5. The maximum absolute atomic E-state index is 12.3. The molecule has 142 valence electrons. The summed E-state index contributed by atoms with van der Waals surface area (Å²) >= 11 is 0. The molecule has 5 nitrogen and oxygen atoms in total. The number of benzene rings is 1. The topological polar surface area (TPSA) is 47.4 Å². The summed E-state index contributed by atoms with van der Waals surface area (Å²) in [5, 5.41) is 1.22. The van der Waals surface area contributed by atoms with Crippen LogP contribution in [0.2, 0.25) is 0 Å². The fourth-order valence-corrected chi connectivity index (χ4v) is 3.80. The highest BCUT2D eigenvalue weighted by Crippen LogP contribution is 2.31. The predicted molar refractivity (Wildman–Crippen MR) is 108 cm³/mol. The number of aromatic nitrogens is 2. The Morgan fingerprint density at radius 3 is 2.78 bits per heavy atom. The molecular formula is C21H24ClN3O2. The summed E-state index contributed by atoms with van der Waals surface area (Å²) in [5.41, 5.74) is 4.79. The third-order valence-electron chi connectivity index (χ3n) is 4.96. The summed E-state index contributed by atoms with van der Waals surface area (Å²) < 4.78 is 7.60. The van der Waals surface area contributed by atoms with E-state index >= 15 is 0 Å². The average molecular weight is 386 g/mol. The van der Waals surface area contributed by atoms with Gasteiger partial charge in [0.25, 0.3) is 0 Å². The first-order valence-corrected chi connectivity index (χ1v) is 9.18. The lowest BCUT2D eigenvalue weighted by Gasteiger charge is -2.19. The van der Waals surface area contributed by atoms with Gasteiger partial charge in [-0.1, -0.05) is 24.3 Å². The van der Waals surface area contributed by atoms with Crippen LogP contribution in [0.3, 0.4) is 0 Å². The minimum absolute atomic E-state index is 0. The summed E-state index contributed by atoms with van der Waals surface area (Å²) in [5.74, 6) is 0. The summed E-state index contributed by atoms with van der Waals surface area (Å²) in [6.45, 7) is 4.33. The molecule has 27 heavy (non-hydrogen) atoms. The molecule has 0 unspecified atom stereocenters. The van der Waals surface area contributed by atoms with Crippen LogP contribution in [-0.4, -0.2) is 33.7 Å². The van der Waals surface area contributed by atoms with Gasteiger partial charge in [0.15, 0.2) is 0 Å². The second-order valence-corrected chi connectivity index (χ2v) is 6.57. The summed E-state index contributed by atoms with van der Waals surface area (Å²) in [7, 11) is 0. The molecule has 1 aromatic carbocycles. The molecule has 0 radical (unpaired) electrons. The predicted octanol–water partition coefficient (Wildman–Crippen LogP) is 4.41. The van der Waals surface area contributed by atoms with Crippen molar-refractivity contribution in [1.82, 2.24) is 14.5 Å². The number of hydrogen-bond donors (Lipinski definition) is 0. The van der Waals surface area contributed by atoms with Gasteiger partial charge in [0.05, 0.1) is 25.4 Å². The number of rotatable bonds is 3. The van der Waals surface area contributed by atoms with Gasteiger partial charge < -0.3 is 14.2 Å². The molecule has 1 aliphatic rings. The quantitative estimate of drug-likeness (QED) is 0.670. The minimum atomic E-state index is -0.220. The van der Waals surface area contributed by atoms with Gasteiger partial charge in [-0.15, -0.1) is 12.4 Å². The third kappa shape index (κ3) is 3.78. The molecule has 0 spiro atoms. The van der Waals surface area contributed by atoms with E-state index < -0.39 is 0 Å². The summed E-state index contributed by atoms with van der Waals surface area (Å²) in [6.07, 6.45) is 3.50. The van der Waals surface area contributed by atoms with E-state index in [1.807, 2.05) is 30.2 Å². The molecule has 4 rings (SSSR count). The van der Waals surface area contributed by atoms with E-state index in [4.69, 9.17) is 4.74 Å². The first kappa shape index (κ1) is 19.2. The second-order valence-electron chi connectivity index (χ2n) is 6.57. The smallest absolute Gasteiger partial charge is 0.410 e. The molecule has 1 amide bonds. The lowest BCUT2D eigenvalue weighted by atomic mass is 10.1. The SMILES string of the molecule is CCOC(=O)N1CCCc2c(c3ccccc3n2Cc2ccccn2)C1.Cl.